The Balaban J connectivity index is 2.64. The topological polar surface area (TPSA) is 123 Å². The highest BCUT2D eigenvalue weighted by Crippen LogP contribution is 2.18. The second kappa shape index (κ2) is 9.99. The molecule has 2 atom stereocenters. The number of urea groups is 1. The molecule has 1 aromatic heterocycles. The van der Waals surface area contributed by atoms with E-state index in [-0.39, 0.29) is 5.15 Å². The van der Waals surface area contributed by atoms with Gasteiger partial charge in [-0.25, -0.2) is 14.6 Å². The number of hydrogen-bond donors (Lipinski definition) is 3. The fraction of sp³-hybridized carbons (Fsp3) is 0.429. The number of carbonyl (C=O) groups excluding carboxylic acids is 3. The van der Waals surface area contributed by atoms with Gasteiger partial charge in [-0.15, -0.1) is 0 Å². The summed E-state index contributed by atoms with van der Waals surface area (Å²) in [6.45, 7) is 1.41. The molecule has 0 unspecified atom stereocenters. The maximum atomic E-state index is 12.1. The molecule has 0 aromatic carbocycles. The molecule has 1 rings (SSSR count). The Morgan fingerprint density at radius 1 is 1.46 bits per heavy atom. The van der Waals surface area contributed by atoms with Crippen LogP contribution in [0.2, 0.25) is 5.15 Å². The van der Waals surface area contributed by atoms with Crippen LogP contribution in [0.15, 0.2) is 18.3 Å². The van der Waals surface area contributed by atoms with Gasteiger partial charge in [0.15, 0.2) is 11.3 Å². The zero-order valence-corrected chi connectivity index (χ0v) is 14.8. The van der Waals surface area contributed by atoms with Crippen LogP contribution in [-0.4, -0.2) is 47.0 Å². The summed E-state index contributed by atoms with van der Waals surface area (Å²) in [6, 6.07) is 1.43. The lowest BCUT2D eigenvalue weighted by molar-refractivity contribution is -0.155. The van der Waals surface area contributed by atoms with Crippen LogP contribution in [0.5, 0.6) is 0 Å². The van der Waals surface area contributed by atoms with Gasteiger partial charge in [0.25, 0.3) is 5.91 Å². The van der Waals surface area contributed by atoms with Gasteiger partial charge in [-0.1, -0.05) is 11.6 Å². The number of esters is 1. The van der Waals surface area contributed by atoms with Crippen molar-refractivity contribution in [2.45, 2.75) is 25.5 Å². The van der Waals surface area contributed by atoms with Crippen LogP contribution in [0.25, 0.3) is 0 Å². The molecule has 8 nitrogen and oxygen atoms in total. The minimum atomic E-state index is -1.08. The molecule has 0 fully saturated rings. The van der Waals surface area contributed by atoms with Gasteiger partial charge in [0.2, 0.25) is 0 Å². The average Bonchev–Trinajstić information content (AvgIpc) is 2.53. The summed E-state index contributed by atoms with van der Waals surface area (Å²) >= 11 is 7.35. The Bertz CT molecular complexity index is 602. The van der Waals surface area contributed by atoms with Crippen LogP contribution < -0.4 is 16.4 Å². The summed E-state index contributed by atoms with van der Waals surface area (Å²) in [5.41, 5.74) is 5.35. The van der Waals surface area contributed by atoms with E-state index < -0.39 is 30.1 Å². The summed E-state index contributed by atoms with van der Waals surface area (Å²) in [5.74, 6) is -0.685. The van der Waals surface area contributed by atoms with E-state index in [0.717, 1.165) is 0 Å². The summed E-state index contributed by atoms with van der Waals surface area (Å²) in [4.78, 5) is 39.0. The Labute approximate surface area is 148 Å². The van der Waals surface area contributed by atoms with Crippen molar-refractivity contribution in [2.24, 2.45) is 5.73 Å². The number of nitrogens with two attached hydrogens (primary N) is 1. The fourth-order valence-corrected chi connectivity index (χ4v) is 2.32. The highest BCUT2D eigenvalue weighted by Gasteiger charge is 2.26. The Hall–Kier alpha value is -2.00. The predicted octanol–water partition coefficient (Wildman–Crippen LogP) is 1.40. The number of amides is 3. The molecule has 10 heteroatoms. The molecule has 0 aliphatic carbocycles. The van der Waals surface area contributed by atoms with Crippen molar-refractivity contribution >= 4 is 47.0 Å². The highest BCUT2D eigenvalue weighted by atomic mass is 35.5. The van der Waals surface area contributed by atoms with Crippen LogP contribution in [0.4, 0.5) is 10.5 Å². The number of nitrogens with one attached hydrogen (secondary N) is 2. The number of thioether (sulfide) groups is 1. The molecule has 0 saturated heterocycles. The van der Waals surface area contributed by atoms with Gasteiger partial charge in [0, 0.05) is 6.20 Å². The van der Waals surface area contributed by atoms with Crippen molar-refractivity contribution in [2.75, 3.05) is 17.3 Å². The van der Waals surface area contributed by atoms with Gasteiger partial charge in [-0.2, -0.15) is 11.8 Å². The molecule has 0 aliphatic heterocycles. The zero-order chi connectivity index (χ0) is 18.1. The van der Waals surface area contributed by atoms with Crippen molar-refractivity contribution in [3.8, 4) is 0 Å². The first kappa shape index (κ1) is 20.0. The van der Waals surface area contributed by atoms with Crippen LogP contribution in [0, 0.1) is 0 Å². The van der Waals surface area contributed by atoms with Crippen molar-refractivity contribution in [1.82, 2.24) is 10.3 Å². The first-order valence-electron chi connectivity index (χ1n) is 7.02. The molecule has 132 valence electrons. The minimum absolute atomic E-state index is 0.123. The van der Waals surface area contributed by atoms with Crippen LogP contribution in [0.1, 0.15) is 13.3 Å². The third-order valence-electron chi connectivity index (χ3n) is 2.89. The average molecular weight is 375 g/mol. The fourth-order valence-electron chi connectivity index (χ4n) is 1.68. The molecule has 0 saturated carbocycles. The van der Waals surface area contributed by atoms with Crippen molar-refractivity contribution < 1.29 is 19.1 Å². The number of halogens is 1. The first-order chi connectivity index (χ1) is 11.3. The number of ether oxygens (including phenoxy) is 1. The summed E-state index contributed by atoms with van der Waals surface area (Å²) in [7, 11) is 0. The SMILES string of the molecule is CSCC[C@@H](NC(N)=O)C(=O)O[C@H](C)C(=O)Nc1cccnc1Cl. The van der Waals surface area contributed by atoms with Gasteiger partial charge >= 0.3 is 12.0 Å². The highest BCUT2D eigenvalue weighted by molar-refractivity contribution is 7.98. The summed E-state index contributed by atoms with van der Waals surface area (Å²) < 4.78 is 5.09. The molecule has 0 aliphatic rings. The lowest BCUT2D eigenvalue weighted by Gasteiger charge is -2.19. The van der Waals surface area contributed by atoms with Crippen LogP contribution in [-0.2, 0) is 14.3 Å². The molecule has 0 radical (unpaired) electrons. The van der Waals surface area contributed by atoms with E-state index in [9.17, 15) is 14.4 Å². The van der Waals surface area contributed by atoms with Crippen molar-refractivity contribution in [1.29, 1.82) is 0 Å². The number of carbonyl (C=O) groups is 3. The molecule has 1 aromatic rings. The molecular formula is C14H19ClN4O4S. The lowest BCUT2D eigenvalue weighted by atomic mass is 10.2. The molecule has 0 spiro atoms. The van der Waals surface area contributed by atoms with E-state index in [2.05, 4.69) is 15.6 Å². The van der Waals surface area contributed by atoms with Crippen LogP contribution >= 0.6 is 23.4 Å². The normalized spacial score (nSPS) is 12.8. The number of aromatic nitrogens is 1. The summed E-state index contributed by atoms with van der Waals surface area (Å²) in [5, 5.41) is 4.94. The van der Waals surface area contributed by atoms with Crippen molar-refractivity contribution in [3.63, 3.8) is 0 Å². The quantitative estimate of drug-likeness (QED) is 0.466. The molecule has 1 heterocycles. The number of pyridine rings is 1. The number of anilines is 1. The van der Waals surface area contributed by atoms with E-state index in [1.54, 1.807) is 12.1 Å². The maximum absolute atomic E-state index is 12.1. The van der Waals surface area contributed by atoms with E-state index in [4.69, 9.17) is 22.1 Å². The Morgan fingerprint density at radius 3 is 2.75 bits per heavy atom. The largest absolute Gasteiger partial charge is 0.451 e. The van der Waals surface area contributed by atoms with Gasteiger partial charge in [-0.05, 0) is 37.5 Å². The third-order valence-corrected chi connectivity index (χ3v) is 3.84. The second-order valence-electron chi connectivity index (χ2n) is 4.75. The van der Waals surface area contributed by atoms with E-state index in [1.165, 1.54) is 24.9 Å². The number of hydrogen-bond acceptors (Lipinski definition) is 6. The van der Waals surface area contributed by atoms with E-state index in [0.29, 0.717) is 17.9 Å². The molecule has 3 amide bonds. The predicted molar refractivity (Wildman–Crippen MR) is 92.9 cm³/mol. The van der Waals surface area contributed by atoms with Crippen LogP contribution in [0.3, 0.4) is 0 Å². The Morgan fingerprint density at radius 2 is 2.17 bits per heavy atom. The van der Waals surface area contributed by atoms with Gasteiger partial charge in [-0.3, -0.25) is 4.79 Å². The second-order valence-corrected chi connectivity index (χ2v) is 6.10. The molecule has 4 N–H and O–H groups in total. The number of rotatable bonds is 8. The van der Waals surface area contributed by atoms with Gasteiger partial charge in [0.1, 0.15) is 6.04 Å². The molecular weight excluding hydrogens is 356 g/mol. The maximum Gasteiger partial charge on any atom is 0.329 e. The first-order valence-corrected chi connectivity index (χ1v) is 8.79. The lowest BCUT2D eigenvalue weighted by Crippen LogP contribution is -2.46. The van der Waals surface area contributed by atoms with Gasteiger partial charge in [0.05, 0.1) is 5.69 Å². The third kappa shape index (κ3) is 6.63. The van der Waals surface area contributed by atoms with Gasteiger partial charge < -0.3 is 21.1 Å². The summed E-state index contributed by atoms with van der Waals surface area (Å²) in [6.07, 6.45) is 2.60. The monoisotopic (exact) mass is 374 g/mol. The minimum Gasteiger partial charge on any atom is -0.451 e. The number of primary amides is 1. The van der Waals surface area contributed by atoms with E-state index in [1.807, 2.05) is 6.26 Å². The molecule has 24 heavy (non-hydrogen) atoms. The molecule has 0 bridgehead atoms. The number of nitrogens with zero attached hydrogens (tertiary/aromatic N) is 1. The standard InChI is InChI=1S/C14H19ClN4O4S/c1-8(12(20)18-9-4-3-6-17-11(9)15)23-13(21)10(5-7-24-2)19-14(16)22/h3-4,6,8,10H,5,7H2,1-2H3,(H,18,20)(H3,16,19,22)/t8-,10-/m1/s1. The smallest absolute Gasteiger partial charge is 0.329 e. The zero-order valence-electron chi connectivity index (χ0n) is 13.2. The Kier molecular flexibility index (Phi) is 8.34. The van der Waals surface area contributed by atoms with E-state index >= 15 is 0 Å². The van der Waals surface area contributed by atoms with Crippen molar-refractivity contribution in [3.05, 3.63) is 23.5 Å².